The zero-order valence-electron chi connectivity index (χ0n) is 17.4. The van der Waals surface area contributed by atoms with Crippen LogP contribution in [0.3, 0.4) is 0 Å². The summed E-state index contributed by atoms with van der Waals surface area (Å²) in [7, 11) is 2.81. The number of aryl methyl sites for hydroxylation is 1. The Balaban J connectivity index is 2.04. The van der Waals surface area contributed by atoms with E-state index < -0.39 is 5.82 Å². The first kappa shape index (κ1) is 22.7. The molecule has 30 heavy (non-hydrogen) atoms. The maximum absolute atomic E-state index is 13.9. The van der Waals surface area contributed by atoms with Gasteiger partial charge >= 0.3 is 5.97 Å². The molecule has 10 heteroatoms. The summed E-state index contributed by atoms with van der Waals surface area (Å²) in [6, 6.07) is 1.24. The van der Waals surface area contributed by atoms with Crippen molar-refractivity contribution >= 4 is 53.1 Å². The Bertz CT molecular complexity index is 1080. The smallest absolute Gasteiger partial charge is 0.307 e. The van der Waals surface area contributed by atoms with Gasteiger partial charge in [0.25, 0.3) is 0 Å². The molecule has 0 spiro atoms. The van der Waals surface area contributed by atoms with Crippen molar-refractivity contribution in [2.24, 2.45) is 5.41 Å². The lowest BCUT2D eigenvalue weighted by atomic mass is 9.84. The van der Waals surface area contributed by atoms with Crippen LogP contribution in [-0.2, 0) is 9.53 Å². The van der Waals surface area contributed by atoms with E-state index in [9.17, 15) is 9.18 Å². The van der Waals surface area contributed by atoms with Crippen LogP contribution < -0.4 is 5.32 Å². The third kappa shape index (κ3) is 4.85. The van der Waals surface area contributed by atoms with Crippen molar-refractivity contribution in [3.63, 3.8) is 0 Å². The van der Waals surface area contributed by atoms with Crippen LogP contribution in [0, 0.1) is 18.2 Å². The monoisotopic (exact) mass is 543 g/mol. The second-order valence-electron chi connectivity index (χ2n) is 8.03. The van der Waals surface area contributed by atoms with Gasteiger partial charge < -0.3 is 10.1 Å². The van der Waals surface area contributed by atoms with E-state index in [2.05, 4.69) is 36.5 Å². The number of rotatable bonds is 6. The normalized spacial score (nSPS) is 12.8. The molecule has 1 atom stereocenters. The molecule has 3 rings (SSSR count). The van der Waals surface area contributed by atoms with Gasteiger partial charge in [-0.05, 0) is 18.4 Å². The van der Waals surface area contributed by atoms with Crippen molar-refractivity contribution in [3.8, 4) is 11.4 Å². The highest BCUT2D eigenvalue weighted by Crippen LogP contribution is 2.34. The molecule has 160 valence electrons. The van der Waals surface area contributed by atoms with Gasteiger partial charge in [-0.15, -0.1) is 0 Å². The summed E-state index contributed by atoms with van der Waals surface area (Å²) in [5, 5.41) is 4.02. The number of hydrogen-bond donors (Lipinski definition) is 1. The number of aromatic nitrogens is 4. The maximum atomic E-state index is 13.9. The molecule has 3 aromatic rings. The van der Waals surface area contributed by atoms with Crippen molar-refractivity contribution < 1.29 is 13.9 Å². The number of fused-ring (bicyclic) bond motifs is 1. The minimum Gasteiger partial charge on any atom is -0.469 e. The molecule has 0 fully saturated rings. The van der Waals surface area contributed by atoms with Gasteiger partial charge in [0.15, 0.2) is 11.5 Å². The maximum Gasteiger partial charge on any atom is 0.307 e. The molecule has 0 aliphatic rings. The van der Waals surface area contributed by atoms with E-state index in [0.717, 1.165) is 5.56 Å². The Labute approximate surface area is 190 Å². The summed E-state index contributed by atoms with van der Waals surface area (Å²) in [5.74, 6) is 0.362. The summed E-state index contributed by atoms with van der Waals surface area (Å²) in [5.41, 5.74) is 1.95. The van der Waals surface area contributed by atoms with Crippen LogP contribution in [0.1, 0.15) is 32.8 Å². The van der Waals surface area contributed by atoms with Gasteiger partial charge in [-0.1, -0.05) is 20.8 Å². The zero-order chi connectivity index (χ0) is 22.1. The molecular weight excluding hydrogens is 520 g/mol. The van der Waals surface area contributed by atoms with E-state index >= 15 is 0 Å². The molecule has 0 saturated carbocycles. The van der Waals surface area contributed by atoms with E-state index in [0.29, 0.717) is 28.2 Å². The zero-order valence-corrected chi connectivity index (χ0v) is 20.3. The molecule has 0 aromatic carbocycles. The Morgan fingerprint density at radius 1 is 1.37 bits per heavy atom. The van der Waals surface area contributed by atoms with Gasteiger partial charge in [0.05, 0.1) is 19.7 Å². The minimum absolute atomic E-state index is 0.197. The second-order valence-corrected chi connectivity index (χ2v) is 9.74. The quantitative estimate of drug-likeness (QED) is 0.339. The van der Waals surface area contributed by atoms with Crippen LogP contribution in [0.15, 0.2) is 24.7 Å². The standard InChI is InChI=1S/C20H23FIN5O2S/c1-11-8-23-18(14-10-27(30-22)19-13(14)6-12(21)9-24-19)26-17(11)25-15(20(2,3)4)7-16(28)29-5/h6,8-10,15H,7H2,1-5H3,(H,23,25,26). The largest absolute Gasteiger partial charge is 0.469 e. The van der Waals surface area contributed by atoms with Gasteiger partial charge in [0.2, 0.25) is 0 Å². The van der Waals surface area contributed by atoms with Crippen molar-refractivity contribution in [1.29, 1.82) is 0 Å². The van der Waals surface area contributed by atoms with Gasteiger partial charge in [0.1, 0.15) is 11.6 Å². The molecule has 3 aromatic heterocycles. The number of methoxy groups -OCH3 is 1. The lowest BCUT2D eigenvalue weighted by Gasteiger charge is -2.31. The Hall–Kier alpha value is -1.95. The van der Waals surface area contributed by atoms with Crippen molar-refractivity contribution in [3.05, 3.63) is 36.0 Å². The number of ether oxygens (including phenoxy) is 1. The Morgan fingerprint density at radius 2 is 2.10 bits per heavy atom. The van der Waals surface area contributed by atoms with Crippen molar-refractivity contribution in [2.75, 3.05) is 12.4 Å². The van der Waals surface area contributed by atoms with Gasteiger partial charge in [-0.25, -0.2) is 19.3 Å². The molecule has 0 amide bonds. The van der Waals surface area contributed by atoms with E-state index in [4.69, 9.17) is 9.72 Å². The van der Waals surface area contributed by atoms with E-state index in [-0.39, 0.29) is 23.8 Å². The summed E-state index contributed by atoms with van der Waals surface area (Å²) in [4.78, 5) is 25.3. The Kier molecular flexibility index (Phi) is 6.85. The average molecular weight is 543 g/mol. The SMILES string of the molecule is COC(=O)CC(Nc1nc(-c2cn(SI)c3ncc(F)cc23)ncc1C)C(C)(C)C. The van der Waals surface area contributed by atoms with E-state index in [1.54, 1.807) is 6.20 Å². The first-order chi connectivity index (χ1) is 14.1. The lowest BCUT2D eigenvalue weighted by molar-refractivity contribution is -0.141. The number of nitrogens with zero attached hydrogens (tertiary/aromatic N) is 4. The number of carbonyl (C=O) groups is 1. The molecule has 1 unspecified atom stereocenters. The third-order valence-corrected chi connectivity index (χ3v) is 6.52. The van der Waals surface area contributed by atoms with Crippen molar-refractivity contribution in [1.82, 2.24) is 18.9 Å². The first-order valence-electron chi connectivity index (χ1n) is 9.27. The number of pyridine rings is 1. The fourth-order valence-corrected chi connectivity index (χ4v) is 4.25. The highest BCUT2D eigenvalue weighted by Gasteiger charge is 2.28. The fraction of sp³-hybridized carbons (Fsp3) is 0.400. The Morgan fingerprint density at radius 3 is 2.73 bits per heavy atom. The van der Waals surface area contributed by atoms with Crippen LogP contribution >= 0.6 is 30.3 Å². The molecule has 0 aliphatic carbocycles. The van der Waals surface area contributed by atoms with Crippen LogP contribution in [0.2, 0.25) is 0 Å². The molecule has 0 radical (unpaired) electrons. The summed E-state index contributed by atoms with van der Waals surface area (Å²) in [6.45, 7) is 8.04. The molecule has 3 heterocycles. The molecule has 0 aliphatic heterocycles. The average Bonchev–Trinajstić information content (AvgIpc) is 3.05. The highest BCUT2D eigenvalue weighted by atomic mass is 127. The number of carbonyl (C=O) groups excluding carboxylic acids is 1. The topological polar surface area (TPSA) is 81.9 Å². The summed E-state index contributed by atoms with van der Waals surface area (Å²) >= 11 is 2.14. The van der Waals surface area contributed by atoms with Crippen LogP contribution in [0.5, 0.6) is 0 Å². The summed E-state index contributed by atoms with van der Waals surface area (Å²) in [6.07, 6.45) is 4.96. The number of anilines is 1. The third-order valence-electron chi connectivity index (χ3n) is 4.82. The molecule has 7 nitrogen and oxygen atoms in total. The lowest BCUT2D eigenvalue weighted by Crippen LogP contribution is -2.37. The number of halogens is 2. The van der Waals surface area contributed by atoms with Gasteiger partial charge in [-0.3, -0.25) is 8.77 Å². The molecule has 0 bridgehead atoms. The summed E-state index contributed by atoms with van der Waals surface area (Å²) < 4.78 is 20.6. The van der Waals surface area contributed by atoms with Gasteiger partial charge in [-0.2, -0.15) is 0 Å². The minimum atomic E-state index is -0.420. The predicted molar refractivity (Wildman–Crippen MR) is 126 cm³/mol. The number of esters is 1. The number of hydrogen-bond acceptors (Lipinski definition) is 7. The first-order valence-corrected chi connectivity index (χ1v) is 12.6. The fourth-order valence-electron chi connectivity index (χ4n) is 2.99. The van der Waals surface area contributed by atoms with E-state index in [1.807, 2.05) is 37.9 Å². The predicted octanol–water partition coefficient (Wildman–Crippen LogP) is 5.18. The van der Waals surface area contributed by atoms with Crippen molar-refractivity contribution in [2.45, 2.75) is 40.2 Å². The number of nitrogens with one attached hydrogen (secondary N) is 1. The molecule has 1 N–H and O–H groups in total. The highest BCUT2D eigenvalue weighted by molar-refractivity contribution is 14.2. The van der Waals surface area contributed by atoms with Gasteiger partial charge in [0, 0.05) is 65.3 Å². The second kappa shape index (κ2) is 9.04. The molecular formula is C20H23FIN5O2S. The van der Waals surface area contributed by atoms with Crippen LogP contribution in [-0.4, -0.2) is 38.0 Å². The van der Waals surface area contributed by atoms with Crippen LogP contribution in [0.25, 0.3) is 22.4 Å². The van der Waals surface area contributed by atoms with E-state index in [1.165, 1.54) is 28.5 Å². The molecule has 0 saturated heterocycles. The van der Waals surface area contributed by atoms with Crippen LogP contribution in [0.4, 0.5) is 10.2 Å².